The highest BCUT2D eigenvalue weighted by molar-refractivity contribution is 5.84. The summed E-state index contributed by atoms with van der Waals surface area (Å²) in [5.41, 5.74) is 3.38. The van der Waals surface area contributed by atoms with Gasteiger partial charge >= 0.3 is 0 Å². The summed E-state index contributed by atoms with van der Waals surface area (Å²) in [4.78, 5) is 12.9. The lowest BCUT2D eigenvalue weighted by Gasteiger charge is -2.12. The maximum atomic E-state index is 13.2. The first-order valence-corrected chi connectivity index (χ1v) is 8.44. The normalized spacial score (nSPS) is 11.0. The van der Waals surface area contributed by atoms with Gasteiger partial charge in [-0.3, -0.25) is 4.79 Å². The van der Waals surface area contributed by atoms with Crippen molar-refractivity contribution in [2.45, 2.75) is 13.3 Å². The van der Waals surface area contributed by atoms with E-state index in [0.717, 1.165) is 27.9 Å². The Bertz CT molecular complexity index is 1150. The van der Waals surface area contributed by atoms with Crippen molar-refractivity contribution < 1.29 is 4.39 Å². The minimum absolute atomic E-state index is 0.144. The third-order valence-corrected chi connectivity index (χ3v) is 4.41. The molecule has 0 bridgehead atoms. The van der Waals surface area contributed by atoms with Crippen LogP contribution in [0.25, 0.3) is 16.5 Å². The first-order chi connectivity index (χ1) is 12.6. The van der Waals surface area contributed by atoms with Gasteiger partial charge in [0, 0.05) is 11.8 Å². The number of hydrogen-bond donors (Lipinski definition) is 0. The molecular weight excluding hydrogens is 327 g/mol. The number of aromatic nitrogens is 2. The summed E-state index contributed by atoms with van der Waals surface area (Å²) in [5, 5.41) is 6.09. The molecule has 3 aromatic carbocycles. The Hall–Kier alpha value is -3.27. The van der Waals surface area contributed by atoms with Crippen LogP contribution in [-0.2, 0) is 6.42 Å². The van der Waals surface area contributed by atoms with Gasteiger partial charge in [-0.1, -0.05) is 42.5 Å². The Morgan fingerprint density at radius 1 is 0.923 bits per heavy atom. The monoisotopic (exact) mass is 344 g/mol. The average Bonchev–Trinajstić information content (AvgIpc) is 2.66. The van der Waals surface area contributed by atoms with Crippen molar-refractivity contribution in [3.8, 4) is 5.69 Å². The summed E-state index contributed by atoms with van der Waals surface area (Å²) in [6, 6.07) is 21.5. The summed E-state index contributed by atoms with van der Waals surface area (Å²) in [7, 11) is 0. The highest BCUT2D eigenvalue weighted by atomic mass is 19.1. The highest BCUT2D eigenvalue weighted by Crippen LogP contribution is 2.19. The average molecular weight is 344 g/mol. The smallest absolute Gasteiger partial charge is 0.267 e. The summed E-state index contributed by atoms with van der Waals surface area (Å²) in [6.45, 7) is 1.98. The maximum Gasteiger partial charge on any atom is 0.279 e. The van der Waals surface area contributed by atoms with Crippen LogP contribution in [0.1, 0.15) is 16.8 Å². The predicted molar refractivity (Wildman–Crippen MR) is 101 cm³/mol. The zero-order valence-corrected chi connectivity index (χ0v) is 14.3. The molecule has 0 aliphatic carbocycles. The number of fused-ring (bicyclic) bond motifs is 1. The number of halogens is 1. The van der Waals surface area contributed by atoms with Crippen molar-refractivity contribution in [1.29, 1.82) is 0 Å². The van der Waals surface area contributed by atoms with E-state index in [2.05, 4.69) is 5.10 Å². The molecule has 0 saturated heterocycles. The molecule has 4 rings (SSSR count). The van der Waals surface area contributed by atoms with Crippen molar-refractivity contribution in [2.75, 3.05) is 0 Å². The Morgan fingerprint density at radius 3 is 2.38 bits per heavy atom. The molecule has 0 aliphatic heterocycles. The Labute approximate surface area is 150 Å². The van der Waals surface area contributed by atoms with Crippen molar-refractivity contribution in [3.63, 3.8) is 0 Å². The van der Waals surface area contributed by atoms with Gasteiger partial charge in [0.15, 0.2) is 0 Å². The molecular formula is C22H17FN2O. The van der Waals surface area contributed by atoms with Crippen molar-refractivity contribution in [1.82, 2.24) is 9.78 Å². The Kier molecular flexibility index (Phi) is 4.09. The number of aryl methyl sites for hydroxylation is 1. The van der Waals surface area contributed by atoms with Crippen LogP contribution in [0.3, 0.4) is 0 Å². The van der Waals surface area contributed by atoms with Gasteiger partial charge in [-0.15, -0.1) is 0 Å². The lowest BCUT2D eigenvalue weighted by Crippen LogP contribution is -2.23. The second-order valence-electron chi connectivity index (χ2n) is 6.35. The molecule has 0 radical (unpaired) electrons. The minimum Gasteiger partial charge on any atom is -0.267 e. The topological polar surface area (TPSA) is 34.9 Å². The number of benzene rings is 3. The minimum atomic E-state index is -0.267. The number of hydrogen-bond acceptors (Lipinski definition) is 2. The van der Waals surface area contributed by atoms with Gasteiger partial charge in [0.25, 0.3) is 5.56 Å². The Morgan fingerprint density at radius 2 is 1.65 bits per heavy atom. The van der Waals surface area contributed by atoms with Crippen LogP contribution < -0.4 is 5.56 Å². The van der Waals surface area contributed by atoms with Gasteiger partial charge in [0.05, 0.1) is 16.8 Å². The van der Waals surface area contributed by atoms with E-state index in [0.29, 0.717) is 11.8 Å². The van der Waals surface area contributed by atoms with Crippen molar-refractivity contribution in [3.05, 3.63) is 106 Å². The molecule has 1 heterocycles. The lowest BCUT2D eigenvalue weighted by molar-refractivity contribution is 0.627. The number of nitrogens with zero attached hydrogens (tertiary/aromatic N) is 2. The molecule has 0 fully saturated rings. The molecule has 3 nitrogen and oxygen atoms in total. The molecule has 128 valence electrons. The standard InChI is InChI=1S/C22H17FN2O/c1-15-5-4-6-18(13-15)25-22(26)20-8-3-2-7-19(20)21(24-25)14-16-9-11-17(23)12-10-16/h2-13H,14H2,1H3. The largest absolute Gasteiger partial charge is 0.279 e. The zero-order valence-electron chi connectivity index (χ0n) is 14.3. The van der Waals surface area contributed by atoms with E-state index in [-0.39, 0.29) is 11.4 Å². The fourth-order valence-corrected chi connectivity index (χ4v) is 3.12. The van der Waals surface area contributed by atoms with Crippen LogP contribution in [-0.4, -0.2) is 9.78 Å². The molecule has 1 aromatic heterocycles. The van der Waals surface area contributed by atoms with E-state index < -0.39 is 0 Å². The van der Waals surface area contributed by atoms with E-state index in [9.17, 15) is 9.18 Å². The molecule has 4 heteroatoms. The highest BCUT2D eigenvalue weighted by Gasteiger charge is 2.12. The second-order valence-corrected chi connectivity index (χ2v) is 6.35. The maximum absolute atomic E-state index is 13.2. The van der Waals surface area contributed by atoms with Gasteiger partial charge in [0.1, 0.15) is 5.82 Å². The molecule has 0 saturated carbocycles. The first-order valence-electron chi connectivity index (χ1n) is 8.44. The van der Waals surface area contributed by atoms with Crippen LogP contribution in [0.4, 0.5) is 4.39 Å². The summed E-state index contributed by atoms with van der Waals surface area (Å²) in [6.07, 6.45) is 0.521. The quantitative estimate of drug-likeness (QED) is 0.551. The second kappa shape index (κ2) is 6.56. The molecule has 0 atom stereocenters. The fraction of sp³-hybridized carbons (Fsp3) is 0.0909. The third kappa shape index (κ3) is 3.02. The summed E-state index contributed by atoms with van der Waals surface area (Å²) in [5.74, 6) is -0.267. The SMILES string of the molecule is Cc1cccc(-n2nc(Cc3ccc(F)cc3)c3ccccc3c2=O)c1. The molecule has 0 unspecified atom stereocenters. The predicted octanol–water partition coefficient (Wildman–Crippen LogP) is 4.42. The van der Waals surface area contributed by atoms with Crippen LogP contribution in [0, 0.1) is 12.7 Å². The van der Waals surface area contributed by atoms with E-state index in [4.69, 9.17) is 0 Å². The molecule has 0 spiro atoms. The molecule has 4 aromatic rings. The van der Waals surface area contributed by atoms with Gasteiger partial charge < -0.3 is 0 Å². The van der Waals surface area contributed by atoms with Gasteiger partial charge in [-0.05, 0) is 48.4 Å². The van der Waals surface area contributed by atoms with Crippen molar-refractivity contribution >= 4 is 10.8 Å². The van der Waals surface area contributed by atoms with Gasteiger partial charge in [0.2, 0.25) is 0 Å². The molecule has 26 heavy (non-hydrogen) atoms. The summed E-state index contributed by atoms with van der Waals surface area (Å²) < 4.78 is 14.6. The summed E-state index contributed by atoms with van der Waals surface area (Å²) >= 11 is 0. The van der Waals surface area contributed by atoms with Gasteiger partial charge in [-0.25, -0.2) is 4.39 Å². The fourth-order valence-electron chi connectivity index (χ4n) is 3.12. The number of rotatable bonds is 3. The third-order valence-electron chi connectivity index (χ3n) is 4.41. The molecule has 0 amide bonds. The van der Waals surface area contributed by atoms with Gasteiger partial charge in [-0.2, -0.15) is 9.78 Å². The van der Waals surface area contributed by atoms with E-state index in [1.165, 1.54) is 16.8 Å². The first kappa shape index (κ1) is 16.2. The zero-order chi connectivity index (χ0) is 18.1. The lowest BCUT2D eigenvalue weighted by atomic mass is 10.0. The van der Waals surface area contributed by atoms with Crippen LogP contribution in [0.15, 0.2) is 77.6 Å². The molecule has 0 N–H and O–H groups in total. The van der Waals surface area contributed by atoms with Crippen LogP contribution >= 0.6 is 0 Å². The Balaban J connectivity index is 1.92. The van der Waals surface area contributed by atoms with E-state index >= 15 is 0 Å². The van der Waals surface area contributed by atoms with Crippen LogP contribution in [0.5, 0.6) is 0 Å². The van der Waals surface area contributed by atoms with Crippen molar-refractivity contribution in [2.24, 2.45) is 0 Å². The van der Waals surface area contributed by atoms with E-state index in [1.54, 1.807) is 12.1 Å². The molecule has 0 aliphatic rings. The van der Waals surface area contributed by atoms with E-state index in [1.807, 2.05) is 55.5 Å². The van der Waals surface area contributed by atoms with Crippen LogP contribution in [0.2, 0.25) is 0 Å².